The van der Waals surface area contributed by atoms with E-state index in [0.717, 1.165) is 32.2 Å². The predicted molar refractivity (Wildman–Crippen MR) is 88.3 cm³/mol. The zero-order valence-corrected chi connectivity index (χ0v) is 13.9. The third-order valence-electron chi connectivity index (χ3n) is 4.68. The molecule has 2 rings (SSSR count). The Balaban J connectivity index is 2.03. The molecule has 3 nitrogen and oxygen atoms in total. The Morgan fingerprint density at radius 1 is 1.24 bits per heavy atom. The summed E-state index contributed by atoms with van der Waals surface area (Å²) in [7, 11) is -0.905. The smallest absolute Gasteiger partial charge is 0.150 e. The van der Waals surface area contributed by atoms with Crippen LogP contribution in [0.1, 0.15) is 43.6 Å². The van der Waals surface area contributed by atoms with Crippen LogP contribution in [0.5, 0.6) is 0 Å². The van der Waals surface area contributed by atoms with Crippen molar-refractivity contribution in [1.82, 2.24) is 5.32 Å². The summed E-state index contributed by atoms with van der Waals surface area (Å²) in [6.45, 7) is 0.948. The highest BCUT2D eigenvalue weighted by molar-refractivity contribution is 7.91. The molecule has 1 aromatic rings. The lowest BCUT2D eigenvalue weighted by atomic mass is 9.80. The van der Waals surface area contributed by atoms with Crippen LogP contribution in [0.3, 0.4) is 0 Å². The molecule has 118 valence electrons. The van der Waals surface area contributed by atoms with Gasteiger partial charge < -0.3 is 5.32 Å². The molecule has 1 saturated carbocycles. The minimum Gasteiger partial charge on any atom is -0.319 e. The first-order chi connectivity index (χ1) is 10.0. The largest absolute Gasteiger partial charge is 0.319 e. The van der Waals surface area contributed by atoms with E-state index >= 15 is 0 Å². The molecular formula is C17H27NO2S. The van der Waals surface area contributed by atoms with E-state index in [2.05, 4.69) is 29.6 Å². The molecule has 1 aliphatic rings. The number of hydrogen-bond acceptors (Lipinski definition) is 3. The average Bonchev–Trinajstić information content (AvgIpc) is 2.47. The summed E-state index contributed by atoms with van der Waals surface area (Å²) < 4.78 is 23.6. The van der Waals surface area contributed by atoms with Gasteiger partial charge in [-0.25, -0.2) is 8.42 Å². The van der Waals surface area contributed by atoms with Gasteiger partial charge in [0.1, 0.15) is 9.84 Å². The van der Waals surface area contributed by atoms with Crippen LogP contribution in [0.15, 0.2) is 30.3 Å². The molecule has 1 fully saturated rings. The molecule has 1 N–H and O–H groups in total. The summed E-state index contributed by atoms with van der Waals surface area (Å²) in [5, 5.41) is 3.16. The van der Waals surface area contributed by atoms with Gasteiger partial charge in [0.15, 0.2) is 0 Å². The number of likely N-dealkylation sites (N-methyl/N-ethyl adjacent to an activating group) is 1. The summed E-state index contributed by atoms with van der Waals surface area (Å²) in [6, 6.07) is 10.6. The van der Waals surface area contributed by atoms with E-state index in [-0.39, 0.29) is 5.25 Å². The number of hydrogen-bond donors (Lipinski definition) is 1. The monoisotopic (exact) mass is 309 g/mol. The molecule has 1 aliphatic carbocycles. The van der Waals surface area contributed by atoms with Crippen LogP contribution in [0.25, 0.3) is 0 Å². The minimum atomic E-state index is -2.89. The fourth-order valence-corrected chi connectivity index (χ4v) is 4.77. The normalized spacial score (nSPS) is 24.7. The molecule has 0 spiro atoms. The molecule has 21 heavy (non-hydrogen) atoms. The Labute approximate surface area is 129 Å². The van der Waals surface area contributed by atoms with Crippen molar-refractivity contribution < 1.29 is 8.42 Å². The van der Waals surface area contributed by atoms with E-state index in [1.165, 1.54) is 18.2 Å². The minimum absolute atomic E-state index is 0.123. The highest BCUT2D eigenvalue weighted by atomic mass is 32.2. The second kappa shape index (κ2) is 7.41. The van der Waals surface area contributed by atoms with Crippen LogP contribution in [0.2, 0.25) is 0 Å². The maximum Gasteiger partial charge on any atom is 0.150 e. The van der Waals surface area contributed by atoms with E-state index in [1.54, 1.807) is 0 Å². The van der Waals surface area contributed by atoms with Gasteiger partial charge in [-0.05, 0) is 43.7 Å². The quantitative estimate of drug-likeness (QED) is 0.879. The van der Waals surface area contributed by atoms with Crippen molar-refractivity contribution in [3.63, 3.8) is 0 Å². The van der Waals surface area contributed by atoms with Crippen LogP contribution in [0.4, 0.5) is 0 Å². The molecule has 0 aromatic heterocycles. The third-order valence-corrected chi connectivity index (χ3v) is 6.32. The summed E-state index contributed by atoms with van der Waals surface area (Å²) in [5.74, 6) is 0.997. The second-order valence-corrected chi connectivity index (χ2v) is 8.71. The molecule has 0 heterocycles. The molecule has 3 unspecified atom stereocenters. The second-order valence-electron chi connectivity index (χ2n) is 6.39. The summed E-state index contributed by atoms with van der Waals surface area (Å²) in [6.07, 6.45) is 6.37. The summed E-state index contributed by atoms with van der Waals surface area (Å²) in [5.41, 5.74) is 1.35. The average molecular weight is 309 g/mol. The van der Waals surface area contributed by atoms with Crippen molar-refractivity contribution in [2.24, 2.45) is 5.92 Å². The topological polar surface area (TPSA) is 46.2 Å². The molecule has 4 heteroatoms. The Morgan fingerprint density at radius 3 is 2.57 bits per heavy atom. The molecule has 0 aliphatic heterocycles. The summed E-state index contributed by atoms with van der Waals surface area (Å²) >= 11 is 0. The van der Waals surface area contributed by atoms with Gasteiger partial charge in [0.25, 0.3) is 0 Å². The first-order valence-corrected chi connectivity index (χ1v) is 9.84. The van der Waals surface area contributed by atoms with Crippen LogP contribution < -0.4 is 5.32 Å². The molecular weight excluding hydrogens is 282 g/mol. The number of sulfone groups is 1. The molecule has 0 saturated heterocycles. The highest BCUT2D eigenvalue weighted by Crippen LogP contribution is 2.35. The Bertz CT molecular complexity index is 527. The van der Waals surface area contributed by atoms with Crippen molar-refractivity contribution in [2.45, 2.75) is 43.3 Å². The van der Waals surface area contributed by atoms with Crippen LogP contribution in [-0.2, 0) is 9.84 Å². The van der Waals surface area contributed by atoms with Crippen molar-refractivity contribution in [2.75, 3.05) is 19.8 Å². The van der Waals surface area contributed by atoms with Gasteiger partial charge in [-0.15, -0.1) is 0 Å². The van der Waals surface area contributed by atoms with Crippen molar-refractivity contribution in [3.05, 3.63) is 35.9 Å². The first kappa shape index (κ1) is 16.5. The Kier molecular flexibility index (Phi) is 5.82. The zero-order chi connectivity index (χ0) is 15.3. The SMILES string of the molecule is CNCC(CC1CCCC(S(C)(=O)=O)C1)c1ccccc1. The van der Waals surface area contributed by atoms with E-state index < -0.39 is 9.84 Å². The van der Waals surface area contributed by atoms with E-state index in [0.29, 0.717) is 11.8 Å². The predicted octanol–water partition coefficient (Wildman–Crippen LogP) is 2.98. The molecule has 3 atom stereocenters. The molecule has 0 bridgehead atoms. The van der Waals surface area contributed by atoms with Gasteiger partial charge in [0.2, 0.25) is 0 Å². The fourth-order valence-electron chi connectivity index (χ4n) is 3.56. The lowest BCUT2D eigenvalue weighted by molar-refractivity contribution is 0.315. The standard InChI is InChI=1S/C17H27NO2S/c1-18-13-16(15-8-4-3-5-9-15)11-14-7-6-10-17(12-14)21(2,19)20/h3-5,8-9,14,16-18H,6-7,10-13H2,1-2H3. The fraction of sp³-hybridized carbons (Fsp3) is 0.647. The zero-order valence-electron chi connectivity index (χ0n) is 13.1. The molecule has 1 aromatic carbocycles. The Hall–Kier alpha value is -0.870. The lowest BCUT2D eigenvalue weighted by Gasteiger charge is -2.31. The van der Waals surface area contributed by atoms with E-state index in [4.69, 9.17) is 0 Å². The first-order valence-electron chi connectivity index (χ1n) is 7.89. The van der Waals surface area contributed by atoms with Gasteiger partial charge in [-0.2, -0.15) is 0 Å². The van der Waals surface area contributed by atoms with E-state index in [9.17, 15) is 8.42 Å². The van der Waals surface area contributed by atoms with Gasteiger partial charge in [0, 0.05) is 12.8 Å². The van der Waals surface area contributed by atoms with Gasteiger partial charge in [0.05, 0.1) is 5.25 Å². The number of nitrogens with one attached hydrogen (secondary N) is 1. The van der Waals surface area contributed by atoms with Crippen LogP contribution in [-0.4, -0.2) is 33.5 Å². The summed E-state index contributed by atoms with van der Waals surface area (Å²) in [4.78, 5) is 0. The van der Waals surface area contributed by atoms with Gasteiger partial charge in [-0.1, -0.05) is 43.2 Å². The molecule has 0 amide bonds. The molecule has 0 radical (unpaired) electrons. The van der Waals surface area contributed by atoms with Crippen molar-refractivity contribution >= 4 is 9.84 Å². The maximum atomic E-state index is 11.8. The number of benzene rings is 1. The lowest BCUT2D eigenvalue weighted by Crippen LogP contribution is -2.29. The van der Waals surface area contributed by atoms with Crippen LogP contribution >= 0.6 is 0 Å². The Morgan fingerprint density at radius 2 is 1.95 bits per heavy atom. The van der Waals surface area contributed by atoms with Crippen molar-refractivity contribution in [3.8, 4) is 0 Å². The van der Waals surface area contributed by atoms with Gasteiger partial charge >= 0.3 is 0 Å². The van der Waals surface area contributed by atoms with Gasteiger partial charge in [-0.3, -0.25) is 0 Å². The number of rotatable bonds is 6. The highest BCUT2D eigenvalue weighted by Gasteiger charge is 2.30. The third kappa shape index (κ3) is 4.82. The van der Waals surface area contributed by atoms with E-state index in [1.807, 2.05) is 13.1 Å². The van der Waals surface area contributed by atoms with Crippen LogP contribution in [0, 0.1) is 5.92 Å². The van der Waals surface area contributed by atoms with Crippen molar-refractivity contribution in [1.29, 1.82) is 0 Å². The maximum absolute atomic E-state index is 11.8.